The number of nitrogens with one attached hydrogen (secondary N) is 1. The number of rotatable bonds is 6. The fourth-order valence-corrected chi connectivity index (χ4v) is 4.83. The van der Waals surface area contributed by atoms with Gasteiger partial charge in [0.2, 0.25) is 5.91 Å². The molecule has 0 unspecified atom stereocenters. The van der Waals surface area contributed by atoms with Crippen LogP contribution in [-0.4, -0.2) is 72.6 Å². The van der Waals surface area contributed by atoms with Gasteiger partial charge in [0.05, 0.1) is 13.7 Å². The lowest BCUT2D eigenvalue weighted by Crippen LogP contribution is -2.59. The van der Waals surface area contributed by atoms with Gasteiger partial charge in [-0.2, -0.15) is 0 Å². The van der Waals surface area contributed by atoms with Crippen LogP contribution < -0.4 is 10.1 Å². The smallest absolute Gasteiger partial charge is 0.256 e. The van der Waals surface area contributed by atoms with Crippen LogP contribution in [0.4, 0.5) is 0 Å². The van der Waals surface area contributed by atoms with E-state index < -0.39 is 11.8 Å². The third-order valence-corrected chi connectivity index (χ3v) is 6.77. The van der Waals surface area contributed by atoms with E-state index in [0.29, 0.717) is 49.4 Å². The summed E-state index contributed by atoms with van der Waals surface area (Å²) in [5, 5.41) is 2.91. The Morgan fingerprint density at radius 2 is 1.77 bits per heavy atom. The van der Waals surface area contributed by atoms with Gasteiger partial charge in [-0.1, -0.05) is 24.6 Å². The number of benzene rings is 2. The minimum atomic E-state index is -0.936. The molecular formula is C27H33N3O5. The molecule has 0 aromatic heterocycles. The van der Waals surface area contributed by atoms with Crippen molar-refractivity contribution in [2.24, 2.45) is 0 Å². The number of ether oxygens (including phenoxy) is 2. The van der Waals surface area contributed by atoms with Crippen LogP contribution in [0.15, 0.2) is 48.5 Å². The lowest BCUT2D eigenvalue weighted by Gasteiger charge is -2.44. The van der Waals surface area contributed by atoms with E-state index in [-0.39, 0.29) is 24.3 Å². The Labute approximate surface area is 206 Å². The Hall–Kier alpha value is -3.39. The monoisotopic (exact) mass is 479 g/mol. The van der Waals surface area contributed by atoms with Gasteiger partial charge in [0, 0.05) is 43.6 Å². The highest BCUT2D eigenvalue weighted by molar-refractivity contribution is 5.99. The molecule has 186 valence electrons. The van der Waals surface area contributed by atoms with Crippen LogP contribution in [0.25, 0.3) is 0 Å². The zero-order valence-electron chi connectivity index (χ0n) is 20.6. The SMILES string of the molecule is CCCNC(=O)[C@H]1COC2(CCN(C(=O)c3cccc(C)c3)CC2)N1C(=O)c1ccc(OC)cc1. The summed E-state index contributed by atoms with van der Waals surface area (Å²) in [6.07, 6.45) is 1.67. The first kappa shape index (κ1) is 24.7. The molecule has 8 nitrogen and oxygen atoms in total. The van der Waals surface area contributed by atoms with Crippen molar-refractivity contribution in [1.82, 2.24) is 15.1 Å². The summed E-state index contributed by atoms with van der Waals surface area (Å²) in [4.78, 5) is 43.2. The third kappa shape index (κ3) is 5.03. The molecule has 4 rings (SSSR count). The number of carbonyl (C=O) groups excluding carboxylic acids is 3. The number of aryl methyl sites for hydroxylation is 1. The first-order chi connectivity index (χ1) is 16.9. The molecule has 2 aromatic rings. The number of hydrogen-bond donors (Lipinski definition) is 1. The second kappa shape index (κ2) is 10.5. The average molecular weight is 480 g/mol. The largest absolute Gasteiger partial charge is 0.497 e. The number of amides is 3. The van der Waals surface area contributed by atoms with Crippen LogP contribution in [0.3, 0.4) is 0 Å². The highest BCUT2D eigenvalue weighted by atomic mass is 16.5. The number of nitrogens with zero attached hydrogens (tertiary/aromatic N) is 2. The lowest BCUT2D eigenvalue weighted by molar-refractivity contribution is -0.128. The lowest BCUT2D eigenvalue weighted by atomic mass is 9.96. The summed E-state index contributed by atoms with van der Waals surface area (Å²) in [5.41, 5.74) is 1.20. The van der Waals surface area contributed by atoms with Gasteiger partial charge in [-0.3, -0.25) is 19.3 Å². The molecule has 0 aliphatic carbocycles. The van der Waals surface area contributed by atoms with Gasteiger partial charge in [-0.05, 0) is 49.7 Å². The fourth-order valence-electron chi connectivity index (χ4n) is 4.83. The molecular weight excluding hydrogens is 446 g/mol. The summed E-state index contributed by atoms with van der Waals surface area (Å²) in [6, 6.07) is 13.7. The van der Waals surface area contributed by atoms with Gasteiger partial charge in [0.25, 0.3) is 11.8 Å². The molecule has 0 saturated carbocycles. The number of carbonyl (C=O) groups is 3. The molecule has 0 radical (unpaired) electrons. The Morgan fingerprint density at radius 3 is 2.40 bits per heavy atom. The third-order valence-electron chi connectivity index (χ3n) is 6.77. The summed E-state index contributed by atoms with van der Waals surface area (Å²) < 4.78 is 11.4. The Bertz CT molecular complexity index is 1080. The second-order valence-corrected chi connectivity index (χ2v) is 9.13. The normalized spacial score (nSPS) is 19.0. The molecule has 2 aromatic carbocycles. The van der Waals surface area contributed by atoms with Gasteiger partial charge < -0.3 is 19.7 Å². The molecule has 3 amide bonds. The topological polar surface area (TPSA) is 88.2 Å². The second-order valence-electron chi connectivity index (χ2n) is 9.13. The van der Waals surface area contributed by atoms with Crippen LogP contribution in [0.1, 0.15) is 52.5 Å². The number of likely N-dealkylation sites (tertiary alicyclic amines) is 1. The maximum Gasteiger partial charge on any atom is 0.256 e. The molecule has 1 spiro atoms. The van der Waals surface area contributed by atoms with Crippen molar-refractivity contribution in [1.29, 1.82) is 0 Å². The standard InChI is InChI=1S/C27H33N3O5/c1-4-14-28-24(31)23-18-35-27(30(23)26(33)20-8-10-22(34-3)11-9-20)12-15-29(16-13-27)25(32)21-7-5-6-19(2)17-21/h5-11,17,23H,4,12-16,18H2,1-3H3,(H,28,31)/t23-/m1/s1. The van der Waals surface area contributed by atoms with Gasteiger partial charge in [0.1, 0.15) is 17.5 Å². The quantitative estimate of drug-likeness (QED) is 0.688. The number of hydrogen-bond acceptors (Lipinski definition) is 5. The first-order valence-corrected chi connectivity index (χ1v) is 12.1. The van der Waals surface area contributed by atoms with Crippen LogP contribution >= 0.6 is 0 Å². The van der Waals surface area contributed by atoms with Crippen molar-refractivity contribution in [2.75, 3.05) is 33.4 Å². The van der Waals surface area contributed by atoms with E-state index in [1.165, 1.54) is 0 Å². The molecule has 2 aliphatic heterocycles. The van der Waals surface area contributed by atoms with Crippen LogP contribution in [0.2, 0.25) is 0 Å². The van der Waals surface area contributed by atoms with Gasteiger partial charge in [-0.25, -0.2) is 0 Å². The average Bonchev–Trinajstić information content (AvgIpc) is 3.25. The highest BCUT2D eigenvalue weighted by Crippen LogP contribution is 2.39. The van der Waals surface area contributed by atoms with E-state index in [0.717, 1.165) is 12.0 Å². The molecule has 8 heteroatoms. The van der Waals surface area contributed by atoms with E-state index in [1.807, 2.05) is 38.1 Å². The predicted molar refractivity (Wildman–Crippen MR) is 131 cm³/mol. The van der Waals surface area contributed by atoms with E-state index in [2.05, 4.69) is 5.32 Å². The molecule has 2 heterocycles. The Morgan fingerprint density at radius 1 is 1.06 bits per heavy atom. The molecule has 2 aliphatic rings. The zero-order chi connectivity index (χ0) is 25.0. The first-order valence-electron chi connectivity index (χ1n) is 12.1. The molecule has 0 bridgehead atoms. The zero-order valence-corrected chi connectivity index (χ0v) is 20.6. The van der Waals surface area contributed by atoms with Crippen molar-refractivity contribution in [3.05, 3.63) is 65.2 Å². The fraction of sp³-hybridized carbons (Fsp3) is 0.444. The molecule has 1 atom stereocenters. The molecule has 1 N–H and O–H groups in total. The molecule has 35 heavy (non-hydrogen) atoms. The molecule has 2 saturated heterocycles. The summed E-state index contributed by atoms with van der Waals surface area (Å²) >= 11 is 0. The van der Waals surface area contributed by atoms with Crippen molar-refractivity contribution >= 4 is 17.7 Å². The number of methoxy groups -OCH3 is 1. The summed E-state index contributed by atoms with van der Waals surface area (Å²) in [5.74, 6) is 0.130. The van der Waals surface area contributed by atoms with Crippen LogP contribution in [0, 0.1) is 6.92 Å². The van der Waals surface area contributed by atoms with Gasteiger partial charge in [-0.15, -0.1) is 0 Å². The van der Waals surface area contributed by atoms with Crippen molar-refractivity contribution in [2.45, 2.75) is 44.9 Å². The van der Waals surface area contributed by atoms with Crippen LogP contribution in [0.5, 0.6) is 5.75 Å². The summed E-state index contributed by atoms with van der Waals surface area (Å²) in [7, 11) is 1.57. The van der Waals surface area contributed by atoms with E-state index in [1.54, 1.807) is 41.2 Å². The maximum atomic E-state index is 13.7. The van der Waals surface area contributed by atoms with Gasteiger partial charge >= 0.3 is 0 Å². The van der Waals surface area contributed by atoms with Crippen molar-refractivity contribution in [3.63, 3.8) is 0 Å². The predicted octanol–water partition coefficient (Wildman–Crippen LogP) is 3.00. The number of piperidine rings is 1. The van der Waals surface area contributed by atoms with Gasteiger partial charge in [0.15, 0.2) is 0 Å². The van der Waals surface area contributed by atoms with Crippen LogP contribution in [-0.2, 0) is 9.53 Å². The molecule has 2 fully saturated rings. The maximum absolute atomic E-state index is 13.7. The Balaban J connectivity index is 1.56. The van der Waals surface area contributed by atoms with E-state index >= 15 is 0 Å². The van der Waals surface area contributed by atoms with E-state index in [9.17, 15) is 14.4 Å². The highest BCUT2D eigenvalue weighted by Gasteiger charge is 2.54. The van der Waals surface area contributed by atoms with E-state index in [4.69, 9.17) is 9.47 Å². The minimum Gasteiger partial charge on any atom is -0.497 e. The summed E-state index contributed by atoms with van der Waals surface area (Å²) in [6.45, 7) is 5.47. The Kier molecular flexibility index (Phi) is 7.40. The van der Waals surface area contributed by atoms with Crippen molar-refractivity contribution < 1.29 is 23.9 Å². The minimum absolute atomic E-state index is 0.0354. The van der Waals surface area contributed by atoms with Crippen molar-refractivity contribution in [3.8, 4) is 5.75 Å².